The van der Waals surface area contributed by atoms with Gasteiger partial charge in [-0.05, 0) is 31.5 Å². The molecule has 0 aliphatic carbocycles. The summed E-state index contributed by atoms with van der Waals surface area (Å²) < 4.78 is 40.4. The monoisotopic (exact) mass is 491 g/mol. The van der Waals surface area contributed by atoms with Crippen LogP contribution in [0.5, 0.6) is 11.5 Å². The molecule has 182 valence electrons. The van der Waals surface area contributed by atoms with Gasteiger partial charge in [0, 0.05) is 23.4 Å². The van der Waals surface area contributed by atoms with Crippen molar-refractivity contribution < 1.29 is 37.8 Å². The first-order valence-electron chi connectivity index (χ1n) is 10.2. The topological polar surface area (TPSA) is 134 Å². The van der Waals surface area contributed by atoms with Gasteiger partial charge < -0.3 is 28.2 Å². The number of hydrogen-bond donors (Lipinski definition) is 0. The molecule has 2 heterocycles. The van der Waals surface area contributed by atoms with Crippen molar-refractivity contribution in [1.82, 2.24) is 14.5 Å². The Morgan fingerprint density at radius 1 is 1.15 bits per heavy atom. The Labute approximate surface area is 199 Å². The van der Waals surface area contributed by atoms with E-state index in [0.29, 0.717) is 39.4 Å². The highest BCUT2D eigenvalue weighted by atomic mass is 32.2. The second-order valence-electron chi connectivity index (χ2n) is 6.91. The Balaban J connectivity index is 2.07. The summed E-state index contributed by atoms with van der Waals surface area (Å²) in [5.41, 5.74) is 2.23. The zero-order valence-corrected chi connectivity index (χ0v) is 20.3. The number of methoxy groups -OCH3 is 3. The van der Waals surface area contributed by atoms with Crippen LogP contribution in [-0.4, -0.2) is 59.1 Å². The van der Waals surface area contributed by atoms with Crippen LogP contribution in [0.2, 0.25) is 0 Å². The van der Waals surface area contributed by atoms with Crippen molar-refractivity contribution in [1.29, 1.82) is 0 Å². The maximum atomic E-state index is 13.4. The second-order valence-corrected chi connectivity index (χ2v) is 8.25. The van der Waals surface area contributed by atoms with E-state index in [2.05, 4.69) is 9.97 Å². The molecule has 0 fully saturated rings. The van der Waals surface area contributed by atoms with E-state index in [4.69, 9.17) is 23.7 Å². The third kappa shape index (κ3) is 5.18. The number of rotatable bonds is 9. The summed E-state index contributed by atoms with van der Waals surface area (Å²) in [7, 11) is 4.24. The number of carbonyl (C=O) groups excluding carboxylic acids is 2. The van der Waals surface area contributed by atoms with Gasteiger partial charge in [-0.25, -0.2) is 14.2 Å². The van der Waals surface area contributed by atoms with Crippen molar-refractivity contribution in [2.24, 2.45) is 0 Å². The van der Waals surface area contributed by atoms with E-state index in [1.807, 2.05) is 0 Å². The lowest BCUT2D eigenvalue weighted by Crippen LogP contribution is -2.18. The van der Waals surface area contributed by atoms with Crippen LogP contribution < -0.4 is 9.47 Å². The summed E-state index contributed by atoms with van der Waals surface area (Å²) in [6.45, 7) is 3.19. The van der Waals surface area contributed by atoms with Crippen molar-refractivity contribution in [2.75, 3.05) is 27.9 Å². The molecule has 0 aliphatic heterocycles. The third-order valence-corrected chi connectivity index (χ3v) is 6.13. The third-order valence-electron chi connectivity index (χ3n) is 4.88. The first-order chi connectivity index (χ1) is 16.3. The van der Waals surface area contributed by atoms with E-state index in [-0.39, 0.29) is 24.2 Å². The van der Waals surface area contributed by atoms with E-state index in [0.717, 1.165) is 0 Å². The predicted molar refractivity (Wildman–Crippen MR) is 121 cm³/mol. The smallest absolute Gasteiger partial charge is 0.510 e. The summed E-state index contributed by atoms with van der Waals surface area (Å²) >= 11 is -1.74. The minimum Gasteiger partial charge on any atom is -0.609 e. The van der Waals surface area contributed by atoms with Crippen LogP contribution >= 0.6 is 0 Å². The number of hydrogen-bond acceptors (Lipinski definition) is 10. The Hall–Kier alpha value is -3.51. The molecule has 3 rings (SSSR count). The largest absolute Gasteiger partial charge is 0.609 e. The lowest BCUT2D eigenvalue weighted by molar-refractivity contribution is 0.0356. The number of imidazole rings is 1. The number of benzene rings is 1. The molecule has 2 aromatic heterocycles. The van der Waals surface area contributed by atoms with Crippen molar-refractivity contribution in [3.63, 3.8) is 0 Å². The quantitative estimate of drug-likeness (QED) is 0.325. The molecule has 1 unspecified atom stereocenters. The van der Waals surface area contributed by atoms with Crippen molar-refractivity contribution in [3.8, 4) is 11.5 Å². The molecule has 3 aromatic rings. The normalized spacial score (nSPS) is 11.7. The second kappa shape index (κ2) is 11.1. The van der Waals surface area contributed by atoms with Crippen LogP contribution in [0.3, 0.4) is 0 Å². The van der Waals surface area contributed by atoms with E-state index in [1.165, 1.54) is 32.1 Å². The van der Waals surface area contributed by atoms with Crippen LogP contribution in [0.1, 0.15) is 28.5 Å². The average Bonchev–Trinajstić information content (AvgIpc) is 3.18. The average molecular weight is 492 g/mol. The zero-order chi connectivity index (χ0) is 24.8. The molecule has 0 bridgehead atoms. The summed E-state index contributed by atoms with van der Waals surface area (Å²) in [5.74, 6) is 0.215. The van der Waals surface area contributed by atoms with E-state index in [1.54, 1.807) is 32.0 Å². The molecule has 12 heteroatoms. The van der Waals surface area contributed by atoms with Crippen molar-refractivity contribution in [3.05, 3.63) is 41.2 Å². The first kappa shape index (κ1) is 25.1. The number of aromatic nitrogens is 3. The van der Waals surface area contributed by atoms with Crippen LogP contribution in [0.4, 0.5) is 4.79 Å². The van der Waals surface area contributed by atoms with Gasteiger partial charge in [0.1, 0.15) is 5.69 Å². The molecule has 11 nitrogen and oxygen atoms in total. The van der Waals surface area contributed by atoms with Gasteiger partial charge in [0.25, 0.3) is 0 Å². The molecule has 0 spiro atoms. The number of carbonyl (C=O) groups is 2. The van der Waals surface area contributed by atoms with Crippen molar-refractivity contribution >= 4 is 34.3 Å². The molecule has 0 saturated carbocycles. The fraction of sp³-hybridized carbons (Fsp3) is 0.364. The lowest BCUT2D eigenvalue weighted by Gasteiger charge is -2.15. The number of pyridine rings is 1. The maximum absolute atomic E-state index is 13.4. The van der Waals surface area contributed by atoms with Gasteiger partial charge in [0.05, 0.1) is 44.5 Å². The standard InChI is InChI=1S/C22H25N3O8S/c1-6-32-22(27)33-12-25-17-10-14(20(26)31-5)13(2)9-15(17)24-21(25)34(28)11-16-19(30-4)18(29-3)7-8-23-16/h7-10H,6,11-12H2,1-5H3. The van der Waals surface area contributed by atoms with Crippen LogP contribution in [0, 0.1) is 6.92 Å². The van der Waals surface area contributed by atoms with E-state index < -0.39 is 23.3 Å². The maximum Gasteiger partial charge on any atom is 0.510 e. The fourth-order valence-corrected chi connectivity index (χ4v) is 4.48. The molecule has 0 radical (unpaired) electrons. The van der Waals surface area contributed by atoms with Gasteiger partial charge in [-0.2, -0.15) is 4.98 Å². The molecule has 0 N–H and O–H groups in total. The number of fused-ring (bicyclic) bond motifs is 1. The summed E-state index contributed by atoms with van der Waals surface area (Å²) in [6.07, 6.45) is 0.629. The highest BCUT2D eigenvalue weighted by molar-refractivity contribution is 7.90. The Morgan fingerprint density at radius 3 is 2.56 bits per heavy atom. The van der Waals surface area contributed by atoms with E-state index >= 15 is 0 Å². The molecule has 0 amide bonds. The predicted octanol–water partition coefficient (Wildman–Crippen LogP) is 2.98. The summed E-state index contributed by atoms with van der Waals surface area (Å²) in [5, 5.41) is 0.118. The SMILES string of the molecule is CCOC(=O)OCn1c([S+]([O-])Cc2nccc(OC)c2OC)nc2cc(C)c(C(=O)OC)cc21. The lowest BCUT2D eigenvalue weighted by atomic mass is 10.1. The zero-order valence-electron chi connectivity index (χ0n) is 19.4. The summed E-state index contributed by atoms with van der Waals surface area (Å²) in [4.78, 5) is 32.8. The van der Waals surface area contributed by atoms with Crippen LogP contribution in [-0.2, 0) is 37.9 Å². The number of aryl methyl sites for hydroxylation is 1. The molecule has 34 heavy (non-hydrogen) atoms. The number of esters is 1. The van der Waals surface area contributed by atoms with Gasteiger partial charge in [-0.1, -0.05) is 0 Å². The minimum absolute atomic E-state index is 0.0497. The van der Waals surface area contributed by atoms with Gasteiger partial charge in [-0.3, -0.25) is 4.98 Å². The molecule has 0 aliphatic rings. The molecule has 1 aromatic carbocycles. The van der Waals surface area contributed by atoms with Gasteiger partial charge >= 0.3 is 17.3 Å². The van der Waals surface area contributed by atoms with Gasteiger partial charge in [0.15, 0.2) is 24.0 Å². The fourth-order valence-electron chi connectivity index (χ4n) is 3.30. The Kier molecular flexibility index (Phi) is 8.18. The summed E-state index contributed by atoms with van der Waals surface area (Å²) in [6, 6.07) is 4.86. The van der Waals surface area contributed by atoms with E-state index in [9.17, 15) is 14.1 Å². The van der Waals surface area contributed by atoms with Gasteiger partial charge in [0.2, 0.25) is 0 Å². The highest BCUT2D eigenvalue weighted by Gasteiger charge is 2.27. The minimum atomic E-state index is -1.74. The van der Waals surface area contributed by atoms with Crippen molar-refractivity contribution in [2.45, 2.75) is 31.5 Å². The highest BCUT2D eigenvalue weighted by Crippen LogP contribution is 2.32. The Morgan fingerprint density at radius 2 is 1.91 bits per heavy atom. The Bertz CT molecular complexity index is 1200. The number of ether oxygens (including phenoxy) is 5. The molecule has 1 atom stereocenters. The first-order valence-corrected chi connectivity index (χ1v) is 11.5. The number of nitrogens with zero attached hydrogens (tertiary/aromatic N) is 3. The van der Waals surface area contributed by atoms with Crippen LogP contribution in [0.25, 0.3) is 11.0 Å². The van der Waals surface area contributed by atoms with Crippen LogP contribution in [0.15, 0.2) is 29.6 Å². The molecular weight excluding hydrogens is 466 g/mol. The molecule has 0 saturated heterocycles. The molecular formula is C22H25N3O8S. The van der Waals surface area contributed by atoms with Gasteiger partial charge in [-0.15, -0.1) is 0 Å².